The third-order valence-corrected chi connectivity index (χ3v) is 5.15. The lowest BCUT2D eigenvalue weighted by molar-refractivity contribution is -0.113. The minimum Gasteiger partial charge on any atom is -0.486 e. The molecule has 2 N–H and O–H groups in total. The summed E-state index contributed by atoms with van der Waals surface area (Å²) in [6.45, 7) is 0.993. The van der Waals surface area contributed by atoms with Gasteiger partial charge in [0.05, 0.1) is 5.75 Å². The third-order valence-electron chi connectivity index (χ3n) is 4.32. The predicted octanol–water partition coefficient (Wildman–Crippen LogP) is 3.15. The Balaban J connectivity index is 1.27. The van der Waals surface area contributed by atoms with E-state index < -0.39 is 0 Å². The van der Waals surface area contributed by atoms with Crippen molar-refractivity contribution in [3.63, 3.8) is 0 Å². The Morgan fingerprint density at radius 1 is 1.14 bits per heavy atom. The summed E-state index contributed by atoms with van der Waals surface area (Å²) in [6, 6.07) is 9.62. The topological polar surface area (TPSA) is 102 Å². The van der Waals surface area contributed by atoms with Gasteiger partial charge in [0.1, 0.15) is 24.5 Å². The number of ether oxygens (including phenoxy) is 2. The molecule has 0 saturated carbocycles. The van der Waals surface area contributed by atoms with Gasteiger partial charge in [-0.3, -0.25) is 4.79 Å². The molecule has 0 unspecified atom stereocenters. The van der Waals surface area contributed by atoms with Gasteiger partial charge in [-0.15, -0.1) is 10.2 Å². The average Bonchev–Trinajstić information content (AvgIpc) is 3.09. The minimum atomic E-state index is -0.352. The molecule has 2 aromatic heterocycles. The Labute approximate surface area is 167 Å². The van der Waals surface area contributed by atoms with Crippen LogP contribution in [-0.4, -0.2) is 45.0 Å². The molecule has 0 aliphatic carbocycles. The van der Waals surface area contributed by atoms with Gasteiger partial charge < -0.3 is 19.8 Å². The lowest BCUT2D eigenvalue weighted by Crippen LogP contribution is -2.17. The summed E-state index contributed by atoms with van der Waals surface area (Å²) < 4.78 is 24.4. The zero-order chi connectivity index (χ0) is 19.8. The van der Waals surface area contributed by atoms with Gasteiger partial charge in [0.25, 0.3) is 0 Å². The molecule has 5 rings (SSSR count). The van der Waals surface area contributed by atoms with Crippen LogP contribution in [0.1, 0.15) is 0 Å². The quantitative estimate of drug-likeness (QED) is 0.498. The number of hydrogen-bond acceptors (Lipinski definition) is 7. The first kappa shape index (κ1) is 17.7. The van der Waals surface area contributed by atoms with Gasteiger partial charge in [0, 0.05) is 22.7 Å². The van der Waals surface area contributed by atoms with Gasteiger partial charge in [-0.05, 0) is 30.3 Å². The second-order valence-corrected chi connectivity index (χ2v) is 7.24. The molecule has 4 aromatic rings. The van der Waals surface area contributed by atoms with Crippen LogP contribution in [0.25, 0.3) is 22.1 Å². The summed E-state index contributed by atoms with van der Waals surface area (Å²) >= 11 is 1.16. The highest BCUT2D eigenvalue weighted by molar-refractivity contribution is 7.99. The van der Waals surface area contributed by atoms with Crippen molar-refractivity contribution >= 4 is 45.4 Å². The van der Waals surface area contributed by atoms with Crippen LogP contribution in [0.2, 0.25) is 0 Å². The van der Waals surface area contributed by atoms with E-state index in [1.807, 2.05) is 0 Å². The number of fused-ring (bicyclic) bond motifs is 4. The van der Waals surface area contributed by atoms with Crippen LogP contribution in [0.15, 0.2) is 41.6 Å². The fourth-order valence-corrected chi connectivity index (χ4v) is 3.62. The normalized spacial score (nSPS) is 13.0. The van der Waals surface area contributed by atoms with Crippen LogP contribution in [0.3, 0.4) is 0 Å². The van der Waals surface area contributed by atoms with E-state index in [0.29, 0.717) is 52.1 Å². The summed E-state index contributed by atoms with van der Waals surface area (Å²) in [5.74, 6) is 0.810. The molecule has 0 atom stereocenters. The largest absolute Gasteiger partial charge is 0.486 e. The number of aromatic amines is 1. The first-order valence-corrected chi connectivity index (χ1v) is 9.78. The Morgan fingerprint density at radius 2 is 2.00 bits per heavy atom. The van der Waals surface area contributed by atoms with Crippen LogP contribution in [0.5, 0.6) is 11.5 Å². The Hall–Kier alpha value is -3.40. The fourth-order valence-electron chi connectivity index (χ4n) is 3.04. The van der Waals surface area contributed by atoms with E-state index in [2.05, 4.69) is 25.5 Å². The predicted molar refractivity (Wildman–Crippen MR) is 106 cm³/mol. The van der Waals surface area contributed by atoms with E-state index in [1.54, 1.807) is 24.3 Å². The number of rotatable bonds is 4. The van der Waals surface area contributed by atoms with Crippen LogP contribution >= 0.6 is 11.8 Å². The summed E-state index contributed by atoms with van der Waals surface area (Å²) in [6.07, 6.45) is 0. The number of aromatic nitrogens is 4. The lowest BCUT2D eigenvalue weighted by atomic mass is 10.2. The molecule has 0 saturated heterocycles. The number of nitrogens with zero attached hydrogens (tertiary/aromatic N) is 3. The zero-order valence-electron chi connectivity index (χ0n) is 14.9. The Morgan fingerprint density at radius 3 is 2.90 bits per heavy atom. The maximum atomic E-state index is 13.5. The van der Waals surface area contributed by atoms with Crippen LogP contribution in [-0.2, 0) is 4.79 Å². The summed E-state index contributed by atoms with van der Waals surface area (Å²) in [5.41, 5.74) is 2.33. The number of benzene rings is 2. The van der Waals surface area contributed by atoms with E-state index in [1.165, 1.54) is 12.1 Å². The average molecular weight is 411 g/mol. The van der Waals surface area contributed by atoms with Crippen molar-refractivity contribution in [1.29, 1.82) is 0 Å². The molecule has 146 valence electrons. The van der Waals surface area contributed by atoms with Crippen molar-refractivity contribution in [1.82, 2.24) is 20.2 Å². The lowest BCUT2D eigenvalue weighted by Gasteiger charge is -2.18. The van der Waals surface area contributed by atoms with Crippen molar-refractivity contribution in [2.75, 3.05) is 24.3 Å². The summed E-state index contributed by atoms with van der Waals surface area (Å²) in [7, 11) is 0. The number of anilines is 1. The Bertz CT molecular complexity index is 1250. The van der Waals surface area contributed by atoms with Crippen molar-refractivity contribution in [2.45, 2.75) is 5.16 Å². The van der Waals surface area contributed by atoms with Gasteiger partial charge in [0.2, 0.25) is 11.1 Å². The van der Waals surface area contributed by atoms with Crippen LogP contribution in [0, 0.1) is 5.82 Å². The molecule has 10 heteroatoms. The number of thioether (sulfide) groups is 1. The molecule has 2 aromatic carbocycles. The van der Waals surface area contributed by atoms with Crippen LogP contribution in [0.4, 0.5) is 10.1 Å². The van der Waals surface area contributed by atoms with Gasteiger partial charge >= 0.3 is 0 Å². The molecule has 1 amide bonds. The van der Waals surface area contributed by atoms with E-state index in [9.17, 15) is 9.18 Å². The molecule has 1 aliphatic heterocycles. The molecular formula is C19H14FN5O3S. The third kappa shape index (κ3) is 3.54. The molecular weight excluding hydrogens is 397 g/mol. The molecule has 0 spiro atoms. The first-order valence-electron chi connectivity index (χ1n) is 8.80. The minimum absolute atomic E-state index is 0.108. The van der Waals surface area contributed by atoms with E-state index >= 15 is 0 Å². The number of nitrogens with one attached hydrogen (secondary N) is 2. The van der Waals surface area contributed by atoms with Crippen LogP contribution < -0.4 is 14.8 Å². The maximum absolute atomic E-state index is 13.5. The highest BCUT2D eigenvalue weighted by Crippen LogP contribution is 2.32. The Kier molecular flexibility index (Phi) is 4.39. The molecule has 1 aliphatic rings. The summed E-state index contributed by atoms with van der Waals surface area (Å²) in [5, 5.41) is 11.9. The highest BCUT2D eigenvalue weighted by atomic mass is 32.2. The van der Waals surface area contributed by atoms with E-state index in [0.717, 1.165) is 17.3 Å². The number of hydrogen-bond donors (Lipinski definition) is 2. The second-order valence-electron chi connectivity index (χ2n) is 6.30. The van der Waals surface area contributed by atoms with E-state index in [-0.39, 0.29) is 17.5 Å². The molecule has 8 nitrogen and oxygen atoms in total. The molecule has 3 heterocycles. The van der Waals surface area contributed by atoms with Gasteiger partial charge in [-0.2, -0.15) is 0 Å². The van der Waals surface area contributed by atoms with Crippen molar-refractivity contribution < 1.29 is 18.7 Å². The fraction of sp³-hybridized carbons (Fsp3) is 0.158. The molecule has 0 radical (unpaired) electrons. The van der Waals surface area contributed by atoms with Gasteiger partial charge in [0.15, 0.2) is 17.1 Å². The standard InChI is InChI=1S/C19H14FN5O3S/c20-10-1-3-13-12(7-10)17-18(22-13)23-19(25-24-17)29-9-16(26)21-11-2-4-14-15(8-11)28-6-5-27-14/h1-4,7-8H,5-6,9H2,(H,21,26)(H,22,23,25). The smallest absolute Gasteiger partial charge is 0.234 e. The van der Waals surface area contributed by atoms with E-state index in [4.69, 9.17) is 9.47 Å². The van der Waals surface area contributed by atoms with Gasteiger partial charge in [-0.25, -0.2) is 9.37 Å². The number of H-pyrrole nitrogens is 1. The number of amides is 1. The van der Waals surface area contributed by atoms with Crippen molar-refractivity contribution in [2.24, 2.45) is 0 Å². The maximum Gasteiger partial charge on any atom is 0.234 e. The number of carbonyl (C=O) groups is 1. The van der Waals surface area contributed by atoms with Crippen molar-refractivity contribution in [3.05, 3.63) is 42.2 Å². The number of carbonyl (C=O) groups excluding carboxylic acids is 1. The zero-order valence-corrected chi connectivity index (χ0v) is 15.8. The van der Waals surface area contributed by atoms with Gasteiger partial charge in [-0.1, -0.05) is 11.8 Å². The summed E-state index contributed by atoms with van der Waals surface area (Å²) in [4.78, 5) is 19.7. The SMILES string of the molecule is O=C(CSc1nnc2c(n1)[nH]c1ccc(F)cc12)Nc1ccc2c(c1)OCCO2. The monoisotopic (exact) mass is 411 g/mol. The molecule has 29 heavy (non-hydrogen) atoms. The highest BCUT2D eigenvalue weighted by Gasteiger charge is 2.14. The number of halogens is 1. The molecule has 0 bridgehead atoms. The first-order chi connectivity index (χ1) is 14.2. The second kappa shape index (κ2) is 7.21. The molecule has 0 fully saturated rings. The van der Waals surface area contributed by atoms with Crippen molar-refractivity contribution in [3.8, 4) is 11.5 Å².